The lowest BCUT2D eigenvalue weighted by Gasteiger charge is -2.36. The zero-order valence-corrected chi connectivity index (χ0v) is 12.7. The summed E-state index contributed by atoms with van der Waals surface area (Å²) in [5, 5.41) is 45.5. The van der Waals surface area contributed by atoms with Gasteiger partial charge in [-0.15, -0.1) is 0 Å². The Morgan fingerprint density at radius 1 is 0.708 bits per heavy atom. The van der Waals surface area contributed by atoms with E-state index in [1.54, 1.807) is 6.07 Å². The SMILES string of the molecule is O[C@@H]1C2=C[C@H](O)[C@@H](O)c3ccc4c(c(cc5ccccc54)[C@H]1O)c32. The Labute approximate surface area is 137 Å². The molecule has 120 valence electrons. The minimum absolute atomic E-state index is 0.490. The number of hydrogen-bond acceptors (Lipinski definition) is 4. The molecule has 24 heavy (non-hydrogen) atoms. The first kappa shape index (κ1) is 14.1. The number of hydrogen-bond donors (Lipinski definition) is 4. The smallest absolute Gasteiger partial charge is 0.110 e. The molecule has 0 spiro atoms. The molecule has 0 saturated carbocycles. The molecule has 4 nitrogen and oxygen atoms in total. The lowest BCUT2D eigenvalue weighted by atomic mass is 9.74. The highest BCUT2D eigenvalue weighted by atomic mass is 16.3. The van der Waals surface area contributed by atoms with Crippen LogP contribution in [0, 0.1) is 0 Å². The summed E-state index contributed by atoms with van der Waals surface area (Å²) in [6.45, 7) is 0. The molecule has 5 rings (SSSR count). The topological polar surface area (TPSA) is 80.9 Å². The molecule has 0 radical (unpaired) electrons. The maximum atomic E-state index is 10.6. The van der Waals surface area contributed by atoms with E-state index in [0.717, 1.165) is 27.1 Å². The van der Waals surface area contributed by atoms with Gasteiger partial charge in [0.2, 0.25) is 0 Å². The summed E-state index contributed by atoms with van der Waals surface area (Å²) in [6, 6.07) is 13.5. The molecule has 3 aromatic rings. The average molecular weight is 320 g/mol. The Hall–Kier alpha value is -2.24. The van der Waals surface area contributed by atoms with E-state index in [9.17, 15) is 20.4 Å². The molecular weight excluding hydrogens is 304 g/mol. The summed E-state index contributed by atoms with van der Waals surface area (Å²) in [5.41, 5.74) is 2.48. The molecule has 0 amide bonds. The largest absolute Gasteiger partial charge is 0.386 e. The molecule has 0 bridgehead atoms. The number of benzene rings is 3. The highest BCUT2D eigenvalue weighted by Crippen LogP contribution is 2.49. The Morgan fingerprint density at radius 3 is 2.33 bits per heavy atom. The summed E-state index contributed by atoms with van der Waals surface area (Å²) >= 11 is 0. The molecule has 0 aliphatic heterocycles. The normalized spacial score (nSPS) is 28.2. The lowest BCUT2D eigenvalue weighted by Crippen LogP contribution is -2.31. The first-order chi connectivity index (χ1) is 11.6. The van der Waals surface area contributed by atoms with E-state index >= 15 is 0 Å². The maximum Gasteiger partial charge on any atom is 0.110 e. The van der Waals surface area contributed by atoms with Gasteiger partial charge in [-0.1, -0.05) is 36.4 Å². The quantitative estimate of drug-likeness (QED) is 0.479. The predicted octanol–water partition coefficient (Wildman–Crippen LogP) is 2.19. The Morgan fingerprint density at radius 2 is 1.50 bits per heavy atom. The third-order valence-corrected chi connectivity index (χ3v) is 5.31. The molecule has 4 heteroatoms. The Kier molecular flexibility index (Phi) is 2.74. The van der Waals surface area contributed by atoms with Gasteiger partial charge in [-0.05, 0) is 56.0 Å². The second-order valence-electron chi connectivity index (χ2n) is 6.59. The first-order valence-electron chi connectivity index (χ1n) is 8.00. The van der Waals surface area contributed by atoms with Gasteiger partial charge >= 0.3 is 0 Å². The predicted molar refractivity (Wildman–Crippen MR) is 91.4 cm³/mol. The molecule has 0 fully saturated rings. The van der Waals surface area contributed by atoms with Gasteiger partial charge in [0, 0.05) is 0 Å². The number of aliphatic hydroxyl groups is 4. The summed E-state index contributed by atoms with van der Waals surface area (Å²) in [6.07, 6.45) is -2.85. The molecule has 0 unspecified atom stereocenters. The van der Waals surface area contributed by atoms with E-state index in [0.29, 0.717) is 16.7 Å². The summed E-state index contributed by atoms with van der Waals surface area (Å²) in [4.78, 5) is 0. The Balaban J connectivity index is 2.03. The van der Waals surface area contributed by atoms with E-state index in [2.05, 4.69) is 0 Å². The van der Waals surface area contributed by atoms with E-state index in [1.807, 2.05) is 36.4 Å². The number of rotatable bonds is 0. The third kappa shape index (κ3) is 1.61. The van der Waals surface area contributed by atoms with E-state index in [1.165, 1.54) is 6.08 Å². The standard InChI is InChI=1S/C20H16O4/c21-15-8-14-17-12(18(15)22)6-5-11-10-4-2-1-3-9(10)7-13(16(11)17)19(23)20(14)24/h1-8,15,18-24H/t15-,18-,19+,20+/m0/s1. The van der Waals surface area contributed by atoms with Crippen molar-refractivity contribution >= 4 is 27.1 Å². The van der Waals surface area contributed by atoms with Crippen LogP contribution in [0.2, 0.25) is 0 Å². The lowest BCUT2D eigenvalue weighted by molar-refractivity contribution is 0.0363. The molecule has 4 atom stereocenters. The molecule has 0 heterocycles. The van der Waals surface area contributed by atoms with Crippen molar-refractivity contribution < 1.29 is 20.4 Å². The second-order valence-corrected chi connectivity index (χ2v) is 6.59. The van der Waals surface area contributed by atoms with Crippen LogP contribution >= 0.6 is 0 Å². The van der Waals surface area contributed by atoms with E-state index in [4.69, 9.17) is 0 Å². The van der Waals surface area contributed by atoms with Crippen molar-refractivity contribution in [1.82, 2.24) is 0 Å². The molecule has 2 aliphatic rings. The summed E-state index contributed by atoms with van der Waals surface area (Å²) in [5.74, 6) is 0. The fourth-order valence-electron chi connectivity index (χ4n) is 4.17. The van der Waals surface area contributed by atoms with Crippen LogP contribution in [0.3, 0.4) is 0 Å². The van der Waals surface area contributed by atoms with Crippen molar-refractivity contribution in [2.75, 3.05) is 0 Å². The van der Waals surface area contributed by atoms with Crippen LogP contribution in [-0.4, -0.2) is 32.6 Å². The van der Waals surface area contributed by atoms with Gasteiger partial charge in [0.15, 0.2) is 0 Å². The van der Waals surface area contributed by atoms with Crippen LogP contribution < -0.4 is 0 Å². The second kappa shape index (κ2) is 4.65. The van der Waals surface area contributed by atoms with Crippen molar-refractivity contribution in [1.29, 1.82) is 0 Å². The minimum Gasteiger partial charge on any atom is -0.386 e. The maximum absolute atomic E-state index is 10.6. The highest BCUT2D eigenvalue weighted by Gasteiger charge is 2.38. The molecular formula is C20H16O4. The van der Waals surface area contributed by atoms with Crippen molar-refractivity contribution in [2.45, 2.75) is 24.4 Å². The van der Waals surface area contributed by atoms with Crippen LogP contribution in [-0.2, 0) is 0 Å². The van der Waals surface area contributed by atoms with Crippen molar-refractivity contribution in [3.8, 4) is 0 Å². The van der Waals surface area contributed by atoms with Crippen LogP contribution in [0.4, 0.5) is 0 Å². The molecule has 0 saturated heterocycles. The zero-order valence-electron chi connectivity index (χ0n) is 12.7. The molecule has 3 aromatic carbocycles. The third-order valence-electron chi connectivity index (χ3n) is 5.31. The fourth-order valence-corrected chi connectivity index (χ4v) is 4.17. The van der Waals surface area contributed by atoms with Gasteiger partial charge in [0.1, 0.15) is 24.4 Å². The molecule has 4 N–H and O–H groups in total. The van der Waals surface area contributed by atoms with Gasteiger partial charge in [-0.2, -0.15) is 0 Å². The molecule has 2 aliphatic carbocycles. The fraction of sp³-hybridized carbons (Fsp3) is 0.200. The van der Waals surface area contributed by atoms with E-state index < -0.39 is 24.4 Å². The van der Waals surface area contributed by atoms with Gasteiger partial charge in [-0.25, -0.2) is 0 Å². The zero-order chi connectivity index (χ0) is 16.6. The minimum atomic E-state index is -1.12. The van der Waals surface area contributed by atoms with E-state index in [-0.39, 0.29) is 0 Å². The molecule has 0 aromatic heterocycles. The van der Waals surface area contributed by atoms with Gasteiger partial charge in [0.05, 0.1) is 0 Å². The van der Waals surface area contributed by atoms with Crippen LogP contribution in [0.1, 0.15) is 28.9 Å². The van der Waals surface area contributed by atoms with Crippen molar-refractivity contribution in [3.05, 3.63) is 65.2 Å². The van der Waals surface area contributed by atoms with Crippen LogP contribution in [0.15, 0.2) is 48.5 Å². The summed E-state index contributed by atoms with van der Waals surface area (Å²) in [7, 11) is 0. The van der Waals surface area contributed by atoms with Crippen LogP contribution in [0.25, 0.3) is 27.1 Å². The Bertz CT molecular complexity index is 1040. The van der Waals surface area contributed by atoms with Gasteiger partial charge < -0.3 is 20.4 Å². The summed E-state index contributed by atoms with van der Waals surface area (Å²) < 4.78 is 0. The van der Waals surface area contributed by atoms with Gasteiger partial charge in [0.25, 0.3) is 0 Å². The number of aliphatic hydroxyl groups excluding tert-OH is 4. The van der Waals surface area contributed by atoms with Gasteiger partial charge in [-0.3, -0.25) is 0 Å². The highest BCUT2D eigenvalue weighted by molar-refractivity contribution is 6.14. The first-order valence-corrected chi connectivity index (χ1v) is 8.00. The van der Waals surface area contributed by atoms with Crippen molar-refractivity contribution in [3.63, 3.8) is 0 Å². The van der Waals surface area contributed by atoms with Crippen molar-refractivity contribution in [2.24, 2.45) is 0 Å². The monoisotopic (exact) mass is 320 g/mol. The average Bonchev–Trinajstić information content (AvgIpc) is 2.61. The number of fused-ring (bicyclic) bond motifs is 2. The van der Waals surface area contributed by atoms with Crippen LogP contribution in [0.5, 0.6) is 0 Å².